The van der Waals surface area contributed by atoms with Gasteiger partial charge in [0.1, 0.15) is 11.6 Å². The van der Waals surface area contributed by atoms with Gasteiger partial charge >= 0.3 is 6.01 Å². The Hall–Kier alpha value is -2.67. The van der Waals surface area contributed by atoms with E-state index in [1.807, 2.05) is 0 Å². The van der Waals surface area contributed by atoms with Gasteiger partial charge in [-0.05, 0) is 29.8 Å². The molecule has 0 bridgehead atoms. The summed E-state index contributed by atoms with van der Waals surface area (Å²) < 4.78 is 19.9. The maximum absolute atomic E-state index is 13.3. The van der Waals surface area contributed by atoms with Crippen molar-refractivity contribution < 1.29 is 9.13 Å². The summed E-state index contributed by atoms with van der Waals surface area (Å²) in [6, 6.07) is 6.23. The molecule has 8 heteroatoms. The molecule has 6 nitrogen and oxygen atoms in total. The third-order valence-electron chi connectivity index (χ3n) is 3.06. The molecule has 0 aliphatic carbocycles. The number of nitrogens with zero attached hydrogens (tertiary/aromatic N) is 4. The van der Waals surface area contributed by atoms with E-state index in [4.69, 9.17) is 16.3 Å². The zero-order valence-electron chi connectivity index (χ0n) is 12.2. The molecule has 0 saturated carbocycles. The monoisotopic (exact) mass is 333 g/mol. The number of halogens is 2. The lowest BCUT2D eigenvalue weighted by Gasteiger charge is -2.05. The molecule has 118 valence electrons. The highest BCUT2D eigenvalue weighted by Crippen LogP contribution is 2.20. The Morgan fingerprint density at radius 2 is 2.22 bits per heavy atom. The van der Waals surface area contributed by atoms with Crippen molar-refractivity contribution in [2.75, 3.05) is 12.4 Å². The summed E-state index contributed by atoms with van der Waals surface area (Å²) in [7, 11) is 1.50. The predicted octanol–water partition coefficient (Wildman–Crippen LogP) is 3.27. The lowest BCUT2D eigenvalue weighted by Crippen LogP contribution is -2.01. The van der Waals surface area contributed by atoms with Gasteiger partial charge < -0.3 is 10.1 Å². The van der Waals surface area contributed by atoms with Crippen LogP contribution in [-0.2, 0) is 6.54 Å². The molecule has 0 radical (unpaired) electrons. The van der Waals surface area contributed by atoms with Crippen molar-refractivity contribution in [3.8, 4) is 6.01 Å². The van der Waals surface area contributed by atoms with Crippen molar-refractivity contribution in [3.63, 3.8) is 0 Å². The standard InChI is InChI=1S/C15H13ClFN5O/c1-23-15-18-5-4-14(21-15)20-12-7-19-22(9-12)8-10-6-11(17)2-3-13(10)16/h2-7,9H,8H2,1H3,(H,18,20,21). The van der Waals surface area contributed by atoms with Crippen LogP contribution in [0.2, 0.25) is 5.02 Å². The van der Waals surface area contributed by atoms with E-state index in [2.05, 4.69) is 20.4 Å². The Kier molecular flexibility index (Phi) is 4.38. The number of hydrogen-bond acceptors (Lipinski definition) is 5. The van der Waals surface area contributed by atoms with E-state index in [-0.39, 0.29) is 11.8 Å². The van der Waals surface area contributed by atoms with Gasteiger partial charge in [-0.1, -0.05) is 11.6 Å². The minimum absolute atomic E-state index is 0.272. The number of hydrogen-bond donors (Lipinski definition) is 1. The second-order valence-electron chi connectivity index (χ2n) is 4.72. The predicted molar refractivity (Wildman–Crippen MR) is 84.6 cm³/mol. The summed E-state index contributed by atoms with van der Waals surface area (Å²) in [4.78, 5) is 8.09. The number of aromatic nitrogens is 4. The summed E-state index contributed by atoms with van der Waals surface area (Å²) in [5, 5.41) is 7.81. The van der Waals surface area contributed by atoms with Crippen LogP contribution >= 0.6 is 11.6 Å². The van der Waals surface area contributed by atoms with Crippen LogP contribution in [0.4, 0.5) is 15.9 Å². The van der Waals surface area contributed by atoms with E-state index in [0.29, 0.717) is 22.9 Å². The Morgan fingerprint density at radius 3 is 3.04 bits per heavy atom. The summed E-state index contributed by atoms with van der Waals surface area (Å²) >= 11 is 6.06. The summed E-state index contributed by atoms with van der Waals surface area (Å²) in [6.07, 6.45) is 5.00. The first-order valence-corrected chi connectivity index (χ1v) is 7.12. The van der Waals surface area contributed by atoms with Crippen LogP contribution in [-0.4, -0.2) is 26.9 Å². The van der Waals surface area contributed by atoms with E-state index in [0.717, 1.165) is 5.69 Å². The highest BCUT2D eigenvalue weighted by molar-refractivity contribution is 6.31. The average molecular weight is 334 g/mol. The van der Waals surface area contributed by atoms with Crippen molar-refractivity contribution in [1.82, 2.24) is 19.7 Å². The van der Waals surface area contributed by atoms with E-state index in [9.17, 15) is 4.39 Å². The molecule has 0 atom stereocenters. The summed E-state index contributed by atoms with van der Waals surface area (Å²) in [5.74, 6) is 0.253. The number of benzene rings is 1. The van der Waals surface area contributed by atoms with Gasteiger partial charge in [-0.15, -0.1) is 0 Å². The van der Waals surface area contributed by atoms with Crippen molar-refractivity contribution in [2.24, 2.45) is 0 Å². The third kappa shape index (κ3) is 3.75. The van der Waals surface area contributed by atoms with Crippen molar-refractivity contribution >= 4 is 23.1 Å². The zero-order valence-corrected chi connectivity index (χ0v) is 13.0. The maximum atomic E-state index is 13.3. The Balaban J connectivity index is 1.74. The minimum atomic E-state index is -0.331. The highest BCUT2D eigenvalue weighted by Gasteiger charge is 2.06. The topological polar surface area (TPSA) is 64.9 Å². The number of anilines is 2. The van der Waals surface area contributed by atoms with Gasteiger partial charge in [0.25, 0.3) is 0 Å². The maximum Gasteiger partial charge on any atom is 0.318 e. The second kappa shape index (κ2) is 6.62. The number of ether oxygens (including phenoxy) is 1. The lowest BCUT2D eigenvalue weighted by atomic mass is 10.2. The fraction of sp³-hybridized carbons (Fsp3) is 0.133. The molecular weight excluding hydrogens is 321 g/mol. The lowest BCUT2D eigenvalue weighted by molar-refractivity contribution is 0.380. The fourth-order valence-corrected chi connectivity index (χ4v) is 2.19. The summed E-state index contributed by atoms with van der Waals surface area (Å²) in [6.45, 7) is 0.366. The van der Waals surface area contributed by atoms with E-state index >= 15 is 0 Å². The number of nitrogens with one attached hydrogen (secondary N) is 1. The average Bonchev–Trinajstić information content (AvgIpc) is 2.98. The summed E-state index contributed by atoms with van der Waals surface area (Å²) in [5.41, 5.74) is 1.39. The van der Waals surface area contributed by atoms with Gasteiger partial charge in [-0.25, -0.2) is 9.37 Å². The first-order chi connectivity index (χ1) is 11.1. The van der Waals surface area contributed by atoms with Gasteiger partial charge in [-0.3, -0.25) is 4.68 Å². The molecule has 1 aromatic carbocycles. The molecule has 0 amide bonds. The van der Waals surface area contributed by atoms with E-state index in [1.165, 1.54) is 25.3 Å². The van der Waals surface area contributed by atoms with Gasteiger partial charge in [0.2, 0.25) is 0 Å². The van der Waals surface area contributed by atoms with Crippen LogP contribution < -0.4 is 10.1 Å². The smallest absolute Gasteiger partial charge is 0.318 e. The Morgan fingerprint density at radius 1 is 1.35 bits per heavy atom. The second-order valence-corrected chi connectivity index (χ2v) is 5.12. The minimum Gasteiger partial charge on any atom is -0.467 e. The quantitative estimate of drug-likeness (QED) is 0.776. The highest BCUT2D eigenvalue weighted by atomic mass is 35.5. The third-order valence-corrected chi connectivity index (χ3v) is 3.43. The molecule has 23 heavy (non-hydrogen) atoms. The van der Waals surface area contributed by atoms with Crippen LogP contribution in [0.15, 0.2) is 42.9 Å². The van der Waals surface area contributed by atoms with Crippen molar-refractivity contribution in [2.45, 2.75) is 6.54 Å². The first-order valence-electron chi connectivity index (χ1n) is 6.74. The van der Waals surface area contributed by atoms with E-state index < -0.39 is 0 Å². The Bertz CT molecular complexity index is 823. The largest absolute Gasteiger partial charge is 0.467 e. The van der Waals surface area contributed by atoms with Gasteiger partial charge in [0.15, 0.2) is 0 Å². The number of methoxy groups -OCH3 is 1. The molecule has 0 saturated heterocycles. The van der Waals surface area contributed by atoms with Crippen LogP contribution in [0.25, 0.3) is 0 Å². The zero-order chi connectivity index (χ0) is 16.2. The molecule has 0 unspecified atom stereocenters. The van der Waals surface area contributed by atoms with Crippen LogP contribution in [0.3, 0.4) is 0 Å². The molecule has 3 rings (SSSR count). The molecule has 0 aliphatic heterocycles. The number of rotatable bonds is 5. The molecule has 0 fully saturated rings. The van der Waals surface area contributed by atoms with Gasteiger partial charge in [0.05, 0.1) is 25.5 Å². The van der Waals surface area contributed by atoms with Gasteiger partial charge in [-0.2, -0.15) is 10.1 Å². The molecule has 2 aromatic heterocycles. The molecule has 2 heterocycles. The molecular formula is C15H13ClFN5O. The van der Waals surface area contributed by atoms with Crippen LogP contribution in [0, 0.1) is 5.82 Å². The van der Waals surface area contributed by atoms with Gasteiger partial charge in [0, 0.05) is 17.4 Å². The first kappa shape index (κ1) is 15.2. The Labute approximate surface area is 136 Å². The molecule has 0 aliphatic rings. The molecule has 3 aromatic rings. The van der Waals surface area contributed by atoms with E-state index in [1.54, 1.807) is 29.3 Å². The van der Waals surface area contributed by atoms with Crippen molar-refractivity contribution in [1.29, 1.82) is 0 Å². The fourth-order valence-electron chi connectivity index (χ4n) is 2.01. The SMILES string of the molecule is COc1nccc(Nc2cnn(Cc3cc(F)ccc3Cl)c2)n1. The van der Waals surface area contributed by atoms with Crippen molar-refractivity contribution in [3.05, 3.63) is 59.3 Å². The normalized spacial score (nSPS) is 10.6. The van der Waals surface area contributed by atoms with Crippen LogP contribution in [0.1, 0.15) is 5.56 Å². The molecule has 1 N–H and O–H groups in total. The molecule has 0 spiro atoms. The van der Waals surface area contributed by atoms with Crippen LogP contribution in [0.5, 0.6) is 6.01 Å².